The fourth-order valence-electron chi connectivity index (χ4n) is 7.39. The summed E-state index contributed by atoms with van der Waals surface area (Å²) in [4.78, 5) is 16.6. The highest BCUT2D eigenvalue weighted by Crippen LogP contribution is 2.45. The van der Waals surface area contributed by atoms with E-state index in [-0.39, 0.29) is 0 Å². The number of hydrogen-bond acceptors (Lipinski definition) is 4. The number of nitrogens with zero attached hydrogens (tertiary/aromatic N) is 5. The van der Waals surface area contributed by atoms with E-state index in [1.807, 2.05) is 18.3 Å². The van der Waals surface area contributed by atoms with Crippen molar-refractivity contribution in [2.45, 2.75) is 11.3 Å². The summed E-state index contributed by atoms with van der Waals surface area (Å²) in [6.45, 7) is 0. The number of allylic oxidation sites excluding steroid dienone is 4. The summed E-state index contributed by atoms with van der Waals surface area (Å²) in [6.07, 6.45) is 9.25. The van der Waals surface area contributed by atoms with Crippen LogP contribution in [0.4, 0.5) is 0 Å². The molecule has 0 saturated carbocycles. The Balaban J connectivity index is 1.39. The van der Waals surface area contributed by atoms with Crippen LogP contribution in [-0.2, 0) is 0 Å². The summed E-state index contributed by atoms with van der Waals surface area (Å²) >= 11 is 5.32. The van der Waals surface area contributed by atoms with E-state index in [2.05, 4.69) is 124 Å². The van der Waals surface area contributed by atoms with E-state index in [9.17, 15) is 0 Å². The zero-order chi connectivity index (χ0) is 30.4. The van der Waals surface area contributed by atoms with E-state index < -0.39 is 0 Å². The van der Waals surface area contributed by atoms with Gasteiger partial charge in [-0.15, -0.1) is 12.6 Å². The predicted molar refractivity (Wildman–Crippen MR) is 193 cm³/mol. The Morgan fingerprint density at radius 2 is 1.26 bits per heavy atom. The van der Waals surface area contributed by atoms with E-state index in [1.165, 1.54) is 21.7 Å². The van der Waals surface area contributed by atoms with Gasteiger partial charge >= 0.3 is 0 Å². The molecule has 1 aliphatic carbocycles. The first-order valence-corrected chi connectivity index (χ1v) is 15.9. The molecule has 4 heterocycles. The van der Waals surface area contributed by atoms with Gasteiger partial charge in [0.25, 0.3) is 0 Å². The first-order valence-electron chi connectivity index (χ1n) is 15.4. The van der Waals surface area contributed by atoms with Gasteiger partial charge in [-0.05, 0) is 59.2 Å². The standard InChI is InChI=1S/C40H25N5S/c46-38-34(24-12-1-2-13-24)27-16-3-4-17-28(27)35-36-33(22-11-23-41-36)45(37(35)38)40-42-30-19-8-5-18-29(30)39(43-40)44-31-20-9-6-14-25(31)26-15-7-10-21-32(26)44/h1-12,14-23,46H,13H2. The smallest absolute Gasteiger partial charge is 0.237 e. The molecule has 0 spiro atoms. The Kier molecular flexibility index (Phi) is 5.36. The minimum absolute atomic E-state index is 0.582. The molecule has 0 unspecified atom stereocenters. The minimum Gasteiger partial charge on any atom is -0.293 e. The van der Waals surface area contributed by atoms with Crippen LogP contribution >= 0.6 is 12.6 Å². The maximum absolute atomic E-state index is 5.46. The van der Waals surface area contributed by atoms with Gasteiger partial charge < -0.3 is 0 Å². The van der Waals surface area contributed by atoms with Gasteiger partial charge in [-0.1, -0.05) is 91.0 Å². The Morgan fingerprint density at radius 1 is 0.609 bits per heavy atom. The van der Waals surface area contributed by atoms with Crippen LogP contribution < -0.4 is 0 Å². The van der Waals surface area contributed by atoms with Crippen molar-refractivity contribution in [3.05, 3.63) is 139 Å². The molecular weight excluding hydrogens is 583 g/mol. The molecule has 0 N–H and O–H groups in total. The molecule has 46 heavy (non-hydrogen) atoms. The molecule has 0 bridgehead atoms. The molecule has 5 nitrogen and oxygen atoms in total. The van der Waals surface area contributed by atoms with Crippen LogP contribution in [0.25, 0.3) is 82.8 Å². The maximum Gasteiger partial charge on any atom is 0.237 e. The summed E-state index contributed by atoms with van der Waals surface area (Å²) in [5.74, 6) is 1.42. The van der Waals surface area contributed by atoms with Crippen LogP contribution in [0.2, 0.25) is 0 Å². The number of fused-ring (bicyclic) bond motifs is 9. The minimum atomic E-state index is 0.582. The molecule has 0 aliphatic heterocycles. The van der Waals surface area contributed by atoms with Crippen molar-refractivity contribution in [3.8, 4) is 11.8 Å². The van der Waals surface area contributed by atoms with Crippen molar-refractivity contribution < 1.29 is 0 Å². The third kappa shape index (κ3) is 3.44. The molecule has 0 radical (unpaired) electrons. The molecule has 216 valence electrons. The van der Waals surface area contributed by atoms with Crippen LogP contribution in [0, 0.1) is 0 Å². The number of benzene rings is 5. The SMILES string of the molecule is Sc1c(C2=CC=CC2)c2ccccc2c2c3ncccc3n(-c3nc(-n4c5ccccc5c5ccccc54)c4ccccc4n3)c12. The molecule has 10 rings (SSSR count). The third-order valence-electron chi connectivity index (χ3n) is 9.31. The number of hydrogen-bond donors (Lipinski definition) is 1. The van der Waals surface area contributed by atoms with E-state index in [0.29, 0.717) is 5.95 Å². The molecule has 5 aromatic carbocycles. The Bertz CT molecular complexity index is 2750. The fourth-order valence-corrected chi connectivity index (χ4v) is 7.87. The van der Waals surface area contributed by atoms with Gasteiger partial charge in [0, 0.05) is 38.2 Å². The summed E-state index contributed by atoms with van der Waals surface area (Å²) < 4.78 is 4.45. The van der Waals surface area contributed by atoms with E-state index in [0.717, 1.165) is 72.0 Å². The predicted octanol–water partition coefficient (Wildman–Crippen LogP) is 10.0. The van der Waals surface area contributed by atoms with Crippen LogP contribution in [-0.4, -0.2) is 24.1 Å². The van der Waals surface area contributed by atoms with Crippen LogP contribution in [0.15, 0.2) is 139 Å². The van der Waals surface area contributed by atoms with Gasteiger partial charge in [0.1, 0.15) is 0 Å². The topological polar surface area (TPSA) is 48.5 Å². The Morgan fingerprint density at radius 3 is 2.00 bits per heavy atom. The lowest BCUT2D eigenvalue weighted by molar-refractivity contribution is 0.967. The molecule has 0 atom stereocenters. The highest BCUT2D eigenvalue weighted by atomic mass is 32.1. The quantitative estimate of drug-likeness (QED) is 0.203. The summed E-state index contributed by atoms with van der Waals surface area (Å²) in [7, 11) is 0. The maximum atomic E-state index is 5.46. The normalized spacial score (nSPS) is 13.3. The van der Waals surface area contributed by atoms with Crippen molar-refractivity contribution in [1.29, 1.82) is 0 Å². The van der Waals surface area contributed by atoms with Crippen molar-refractivity contribution in [1.82, 2.24) is 24.1 Å². The van der Waals surface area contributed by atoms with Crippen LogP contribution in [0.1, 0.15) is 12.0 Å². The molecule has 0 amide bonds. The van der Waals surface area contributed by atoms with Gasteiger partial charge in [0.15, 0.2) is 5.82 Å². The second kappa shape index (κ2) is 9.64. The van der Waals surface area contributed by atoms with Gasteiger partial charge in [0.05, 0.1) is 33.1 Å². The van der Waals surface area contributed by atoms with E-state index in [1.54, 1.807) is 0 Å². The van der Waals surface area contributed by atoms with Gasteiger partial charge in [0.2, 0.25) is 5.95 Å². The van der Waals surface area contributed by atoms with Gasteiger partial charge in [-0.2, -0.15) is 4.98 Å². The highest BCUT2D eigenvalue weighted by molar-refractivity contribution is 7.80. The number of rotatable bonds is 3. The fraction of sp³-hybridized carbons (Fsp3) is 0.0250. The number of pyridine rings is 1. The Labute approximate surface area is 269 Å². The molecule has 1 aliphatic rings. The average Bonchev–Trinajstić information content (AvgIpc) is 3.84. The lowest BCUT2D eigenvalue weighted by atomic mass is 9.94. The van der Waals surface area contributed by atoms with Gasteiger partial charge in [-0.3, -0.25) is 14.1 Å². The molecular formula is C40H25N5S. The van der Waals surface area contributed by atoms with Crippen molar-refractivity contribution >= 4 is 83.6 Å². The highest BCUT2D eigenvalue weighted by Gasteiger charge is 2.25. The van der Waals surface area contributed by atoms with Crippen LogP contribution in [0.5, 0.6) is 0 Å². The zero-order valence-electron chi connectivity index (χ0n) is 24.6. The first-order chi connectivity index (χ1) is 22.8. The van der Waals surface area contributed by atoms with Crippen LogP contribution in [0.3, 0.4) is 0 Å². The zero-order valence-corrected chi connectivity index (χ0v) is 25.5. The lowest BCUT2D eigenvalue weighted by Gasteiger charge is -2.17. The third-order valence-corrected chi connectivity index (χ3v) is 9.74. The summed E-state index contributed by atoms with van der Waals surface area (Å²) in [6, 6.07) is 38.0. The summed E-state index contributed by atoms with van der Waals surface area (Å²) in [5, 5.41) is 6.73. The average molecular weight is 608 g/mol. The first kappa shape index (κ1) is 25.6. The van der Waals surface area contributed by atoms with E-state index in [4.69, 9.17) is 27.6 Å². The molecule has 0 fully saturated rings. The Hall–Kier alpha value is -5.72. The molecule has 6 heteroatoms. The number of para-hydroxylation sites is 3. The lowest BCUT2D eigenvalue weighted by Crippen LogP contribution is -2.08. The molecule has 4 aromatic heterocycles. The monoisotopic (exact) mass is 607 g/mol. The number of aromatic nitrogens is 5. The van der Waals surface area contributed by atoms with Gasteiger partial charge in [-0.25, -0.2) is 4.98 Å². The second-order valence-electron chi connectivity index (χ2n) is 11.8. The summed E-state index contributed by atoms with van der Waals surface area (Å²) in [5.41, 5.74) is 8.27. The van der Waals surface area contributed by atoms with Crippen molar-refractivity contribution in [2.24, 2.45) is 0 Å². The second-order valence-corrected chi connectivity index (χ2v) is 12.2. The number of thiol groups is 1. The van der Waals surface area contributed by atoms with Crippen molar-refractivity contribution in [3.63, 3.8) is 0 Å². The molecule has 9 aromatic rings. The largest absolute Gasteiger partial charge is 0.293 e. The molecule has 0 saturated heterocycles. The van der Waals surface area contributed by atoms with Crippen molar-refractivity contribution in [2.75, 3.05) is 0 Å². The van der Waals surface area contributed by atoms with E-state index >= 15 is 0 Å².